The molecule has 0 aromatic heterocycles. The SMILES string of the molecule is N#CCC1(COc2c(F)cccc2C(=O)O)CC1. The average molecular weight is 249 g/mol. The fourth-order valence-electron chi connectivity index (χ4n) is 1.77. The van der Waals surface area contributed by atoms with Crippen LogP contribution in [0.3, 0.4) is 0 Å². The Morgan fingerprint density at radius 2 is 2.28 bits per heavy atom. The Hall–Kier alpha value is -2.09. The van der Waals surface area contributed by atoms with Crippen molar-refractivity contribution in [2.45, 2.75) is 19.3 Å². The van der Waals surface area contributed by atoms with Gasteiger partial charge in [0.15, 0.2) is 11.6 Å². The van der Waals surface area contributed by atoms with E-state index < -0.39 is 11.8 Å². The van der Waals surface area contributed by atoms with Crippen molar-refractivity contribution in [3.05, 3.63) is 29.6 Å². The van der Waals surface area contributed by atoms with Crippen LogP contribution in [0.1, 0.15) is 29.6 Å². The fraction of sp³-hybridized carbons (Fsp3) is 0.385. The number of hydrogen-bond donors (Lipinski definition) is 1. The third-order valence-corrected chi connectivity index (χ3v) is 3.13. The molecule has 0 spiro atoms. The predicted octanol–water partition coefficient (Wildman–Crippen LogP) is 2.60. The van der Waals surface area contributed by atoms with Gasteiger partial charge in [0.1, 0.15) is 5.56 Å². The number of rotatable bonds is 5. The van der Waals surface area contributed by atoms with Crippen LogP contribution in [-0.4, -0.2) is 17.7 Å². The Morgan fingerprint density at radius 3 is 2.83 bits per heavy atom. The van der Waals surface area contributed by atoms with Crippen LogP contribution in [-0.2, 0) is 0 Å². The molecule has 18 heavy (non-hydrogen) atoms. The molecule has 0 amide bonds. The molecule has 1 aromatic rings. The van der Waals surface area contributed by atoms with Crippen molar-refractivity contribution >= 4 is 5.97 Å². The minimum atomic E-state index is -1.23. The summed E-state index contributed by atoms with van der Waals surface area (Å²) in [5.41, 5.74) is -0.407. The molecular formula is C13H12FNO3. The predicted molar refractivity (Wildman–Crippen MR) is 60.8 cm³/mol. The van der Waals surface area contributed by atoms with Crippen molar-refractivity contribution in [3.63, 3.8) is 0 Å². The van der Waals surface area contributed by atoms with Crippen molar-refractivity contribution in [1.82, 2.24) is 0 Å². The van der Waals surface area contributed by atoms with Crippen LogP contribution < -0.4 is 4.74 Å². The third-order valence-electron chi connectivity index (χ3n) is 3.13. The molecule has 1 aromatic carbocycles. The van der Waals surface area contributed by atoms with Crippen molar-refractivity contribution in [2.24, 2.45) is 5.41 Å². The zero-order valence-corrected chi connectivity index (χ0v) is 9.65. The van der Waals surface area contributed by atoms with Gasteiger partial charge >= 0.3 is 5.97 Å². The highest BCUT2D eigenvalue weighted by Crippen LogP contribution is 2.48. The molecule has 0 unspecified atom stereocenters. The Kier molecular flexibility index (Phi) is 3.19. The summed E-state index contributed by atoms with van der Waals surface area (Å²) in [6.45, 7) is 0.182. The maximum atomic E-state index is 13.5. The Bertz CT molecular complexity index is 517. The zero-order valence-electron chi connectivity index (χ0n) is 9.65. The quantitative estimate of drug-likeness (QED) is 0.870. The zero-order chi connectivity index (χ0) is 13.2. The molecule has 0 atom stereocenters. The van der Waals surface area contributed by atoms with Gasteiger partial charge < -0.3 is 9.84 Å². The molecule has 0 heterocycles. The highest BCUT2D eigenvalue weighted by atomic mass is 19.1. The van der Waals surface area contributed by atoms with Crippen LogP contribution in [0.25, 0.3) is 0 Å². The molecule has 1 aliphatic rings. The lowest BCUT2D eigenvalue weighted by atomic mass is 10.1. The first-order valence-corrected chi connectivity index (χ1v) is 5.59. The molecule has 0 saturated heterocycles. The van der Waals surface area contributed by atoms with E-state index in [9.17, 15) is 9.18 Å². The number of ether oxygens (including phenoxy) is 1. The molecule has 1 saturated carbocycles. The van der Waals surface area contributed by atoms with Gasteiger partial charge in [0.25, 0.3) is 0 Å². The number of carbonyl (C=O) groups is 1. The van der Waals surface area contributed by atoms with Gasteiger partial charge in [-0.05, 0) is 25.0 Å². The number of benzene rings is 1. The number of carboxylic acids is 1. The Balaban J connectivity index is 2.14. The minimum absolute atomic E-state index is 0.182. The normalized spacial score (nSPS) is 15.8. The van der Waals surface area contributed by atoms with E-state index in [1.54, 1.807) is 0 Å². The molecule has 1 aliphatic carbocycles. The van der Waals surface area contributed by atoms with Crippen LogP contribution in [0.5, 0.6) is 5.75 Å². The minimum Gasteiger partial charge on any atom is -0.489 e. The first-order valence-electron chi connectivity index (χ1n) is 5.59. The van der Waals surface area contributed by atoms with Gasteiger partial charge in [-0.1, -0.05) is 6.07 Å². The maximum Gasteiger partial charge on any atom is 0.339 e. The molecule has 0 bridgehead atoms. The van der Waals surface area contributed by atoms with Crippen LogP contribution in [0.2, 0.25) is 0 Å². The van der Waals surface area contributed by atoms with Gasteiger partial charge in [0.05, 0.1) is 12.7 Å². The topological polar surface area (TPSA) is 70.3 Å². The van der Waals surface area contributed by atoms with Gasteiger partial charge in [-0.3, -0.25) is 0 Å². The summed E-state index contributed by atoms with van der Waals surface area (Å²) in [6, 6.07) is 5.85. The van der Waals surface area contributed by atoms with Crippen LogP contribution in [0.15, 0.2) is 18.2 Å². The lowest BCUT2D eigenvalue weighted by Gasteiger charge is -2.14. The first kappa shape index (κ1) is 12.4. The second-order valence-electron chi connectivity index (χ2n) is 4.55. The van der Waals surface area contributed by atoms with Crippen molar-refractivity contribution in [2.75, 3.05) is 6.61 Å². The number of nitriles is 1. The van der Waals surface area contributed by atoms with Crippen LogP contribution in [0, 0.1) is 22.6 Å². The van der Waals surface area contributed by atoms with Gasteiger partial charge in [-0.15, -0.1) is 0 Å². The monoisotopic (exact) mass is 249 g/mol. The summed E-state index contributed by atoms with van der Waals surface area (Å²) in [7, 11) is 0. The van der Waals surface area contributed by atoms with E-state index in [-0.39, 0.29) is 23.3 Å². The maximum absolute atomic E-state index is 13.5. The van der Waals surface area contributed by atoms with E-state index in [0.29, 0.717) is 6.42 Å². The molecule has 94 valence electrons. The molecular weight excluding hydrogens is 237 g/mol. The molecule has 1 fully saturated rings. The third kappa shape index (κ3) is 2.43. The average Bonchev–Trinajstić information content (AvgIpc) is 3.08. The summed E-state index contributed by atoms with van der Waals surface area (Å²) in [5.74, 6) is -2.16. The Morgan fingerprint density at radius 1 is 1.56 bits per heavy atom. The Labute approximate surface area is 104 Å². The molecule has 1 N–H and O–H groups in total. The summed E-state index contributed by atoms with van der Waals surface area (Å²) < 4.78 is 18.8. The van der Waals surface area contributed by atoms with Gasteiger partial charge in [0.2, 0.25) is 0 Å². The molecule has 0 radical (unpaired) electrons. The number of carboxylic acid groups (broad SMARTS) is 1. The molecule has 4 nitrogen and oxygen atoms in total. The lowest BCUT2D eigenvalue weighted by Crippen LogP contribution is -2.15. The second-order valence-corrected chi connectivity index (χ2v) is 4.55. The number of para-hydroxylation sites is 1. The summed E-state index contributed by atoms with van der Waals surface area (Å²) in [4.78, 5) is 10.9. The van der Waals surface area contributed by atoms with Crippen molar-refractivity contribution in [1.29, 1.82) is 5.26 Å². The van der Waals surface area contributed by atoms with E-state index in [4.69, 9.17) is 15.1 Å². The fourth-order valence-corrected chi connectivity index (χ4v) is 1.77. The standard InChI is InChI=1S/C13H12FNO3/c14-10-3-1-2-9(12(16)17)11(10)18-8-13(4-5-13)6-7-15/h1-3H,4-6,8H2,(H,16,17). The summed E-state index contributed by atoms with van der Waals surface area (Å²) >= 11 is 0. The first-order chi connectivity index (χ1) is 8.58. The smallest absolute Gasteiger partial charge is 0.339 e. The summed E-state index contributed by atoms with van der Waals surface area (Å²) in [5, 5.41) is 17.6. The number of hydrogen-bond acceptors (Lipinski definition) is 3. The van der Waals surface area contributed by atoms with Crippen LogP contribution in [0.4, 0.5) is 4.39 Å². The number of aromatic carboxylic acids is 1. The van der Waals surface area contributed by atoms with Crippen molar-refractivity contribution in [3.8, 4) is 11.8 Å². The highest BCUT2D eigenvalue weighted by Gasteiger charge is 2.43. The van der Waals surface area contributed by atoms with E-state index >= 15 is 0 Å². The van der Waals surface area contributed by atoms with E-state index in [2.05, 4.69) is 6.07 Å². The van der Waals surface area contributed by atoms with Gasteiger partial charge in [0, 0.05) is 11.8 Å². The molecule has 2 rings (SSSR count). The summed E-state index contributed by atoms with van der Waals surface area (Å²) in [6.07, 6.45) is 2.07. The number of halogens is 1. The van der Waals surface area contributed by atoms with E-state index in [1.807, 2.05) is 0 Å². The largest absolute Gasteiger partial charge is 0.489 e. The van der Waals surface area contributed by atoms with E-state index in [1.165, 1.54) is 12.1 Å². The van der Waals surface area contributed by atoms with Crippen molar-refractivity contribution < 1.29 is 19.0 Å². The number of nitrogens with zero attached hydrogens (tertiary/aromatic N) is 1. The molecule has 5 heteroatoms. The molecule has 0 aliphatic heterocycles. The van der Waals surface area contributed by atoms with E-state index in [0.717, 1.165) is 18.9 Å². The highest BCUT2D eigenvalue weighted by molar-refractivity contribution is 5.90. The lowest BCUT2D eigenvalue weighted by molar-refractivity contribution is 0.0689. The van der Waals surface area contributed by atoms with Crippen LogP contribution >= 0.6 is 0 Å². The van der Waals surface area contributed by atoms with Gasteiger partial charge in [-0.2, -0.15) is 5.26 Å². The van der Waals surface area contributed by atoms with Gasteiger partial charge in [-0.25, -0.2) is 9.18 Å². The second kappa shape index (κ2) is 4.65.